The van der Waals surface area contributed by atoms with Crippen LogP contribution in [0.1, 0.15) is 16.9 Å². The normalized spacial score (nSPS) is 15.0. The molecule has 2 aromatic heterocycles. The Morgan fingerprint density at radius 1 is 1.09 bits per heavy atom. The molecule has 1 saturated heterocycles. The number of nitrogens with zero attached hydrogens (tertiary/aromatic N) is 2. The molecular weight excluding hydrogens is 517 g/mol. The van der Waals surface area contributed by atoms with E-state index in [-0.39, 0.29) is 24.0 Å². The third-order valence-electron chi connectivity index (χ3n) is 5.73. The number of guanidine groups is 1. The molecule has 1 aromatic carbocycles. The third kappa shape index (κ3) is 6.98. The van der Waals surface area contributed by atoms with Gasteiger partial charge in [0, 0.05) is 56.2 Å². The van der Waals surface area contributed by atoms with Gasteiger partial charge in [0.05, 0.1) is 26.0 Å². The summed E-state index contributed by atoms with van der Waals surface area (Å²) in [7, 11) is 0. The third-order valence-corrected chi connectivity index (χ3v) is 5.73. The zero-order chi connectivity index (χ0) is 21.3. The quantitative estimate of drug-likeness (QED) is 0.216. The van der Waals surface area contributed by atoms with E-state index >= 15 is 0 Å². The molecule has 0 unspecified atom stereocenters. The van der Waals surface area contributed by atoms with Crippen LogP contribution in [0.5, 0.6) is 0 Å². The molecular formula is C24H34IN5O2. The number of aromatic nitrogens is 1. The molecule has 7 nitrogen and oxygen atoms in total. The number of para-hydroxylation sites is 1. The molecule has 3 aromatic rings. The summed E-state index contributed by atoms with van der Waals surface area (Å²) in [5.74, 6) is 1.84. The molecule has 0 aliphatic carbocycles. The lowest BCUT2D eigenvalue weighted by atomic mass is 10.1. The van der Waals surface area contributed by atoms with Gasteiger partial charge in [0.15, 0.2) is 5.96 Å². The number of hydrogen-bond acceptors (Lipinski definition) is 4. The minimum atomic E-state index is 0. The topological polar surface area (TPSA) is 77.8 Å². The summed E-state index contributed by atoms with van der Waals surface area (Å²) in [5, 5.41) is 8.26. The van der Waals surface area contributed by atoms with Gasteiger partial charge in [0.1, 0.15) is 5.76 Å². The van der Waals surface area contributed by atoms with Gasteiger partial charge in [-0.15, -0.1) is 24.0 Å². The second-order valence-corrected chi connectivity index (χ2v) is 7.93. The highest BCUT2D eigenvalue weighted by atomic mass is 127. The van der Waals surface area contributed by atoms with Crippen LogP contribution in [0.3, 0.4) is 0 Å². The van der Waals surface area contributed by atoms with Gasteiger partial charge < -0.3 is 24.8 Å². The van der Waals surface area contributed by atoms with Crippen LogP contribution in [0, 0.1) is 6.92 Å². The van der Waals surface area contributed by atoms with Gasteiger partial charge in [0.2, 0.25) is 0 Å². The van der Waals surface area contributed by atoms with Crippen molar-refractivity contribution in [3.8, 4) is 0 Å². The predicted octanol–water partition coefficient (Wildman–Crippen LogP) is 3.34. The van der Waals surface area contributed by atoms with Gasteiger partial charge in [0.25, 0.3) is 0 Å². The standard InChI is InChI=1S/C24H33N5O2.HI/c1-19-4-2-6-22-20(18-28-23(19)22)7-9-25-24(26-10-8-21-5-3-15-31-21)27-11-12-29-13-16-30-17-14-29;/h2-6,15,18,28H,7-14,16-17H2,1H3,(H2,25,26,27);1H. The second kappa shape index (κ2) is 12.9. The number of aliphatic imine (C=N–C) groups is 1. The van der Waals surface area contributed by atoms with Crippen LogP contribution in [-0.2, 0) is 17.6 Å². The van der Waals surface area contributed by atoms with Gasteiger partial charge in [-0.3, -0.25) is 9.89 Å². The van der Waals surface area contributed by atoms with Crippen molar-refractivity contribution in [1.82, 2.24) is 20.5 Å². The Bertz CT molecular complexity index is 964. The van der Waals surface area contributed by atoms with E-state index in [2.05, 4.69) is 51.8 Å². The van der Waals surface area contributed by atoms with E-state index in [1.807, 2.05) is 12.1 Å². The lowest BCUT2D eigenvalue weighted by molar-refractivity contribution is 0.0394. The first-order valence-electron chi connectivity index (χ1n) is 11.2. The zero-order valence-corrected chi connectivity index (χ0v) is 21.1. The maximum atomic E-state index is 5.43. The minimum absolute atomic E-state index is 0. The Kier molecular flexibility index (Phi) is 9.89. The number of rotatable bonds is 9. The van der Waals surface area contributed by atoms with Crippen molar-refractivity contribution < 1.29 is 9.15 Å². The number of nitrogens with one attached hydrogen (secondary N) is 3. The SMILES string of the molecule is Cc1cccc2c(CCNC(=NCCN3CCOCC3)NCCc3ccco3)c[nH]c12.I. The van der Waals surface area contributed by atoms with Gasteiger partial charge in [-0.2, -0.15) is 0 Å². The fourth-order valence-electron chi connectivity index (χ4n) is 3.95. The molecule has 0 saturated carbocycles. The summed E-state index contributed by atoms with van der Waals surface area (Å²) in [6, 6.07) is 10.4. The summed E-state index contributed by atoms with van der Waals surface area (Å²) in [6.07, 6.45) is 5.61. The number of morpholine rings is 1. The summed E-state index contributed by atoms with van der Waals surface area (Å²) in [6.45, 7) is 9.09. The van der Waals surface area contributed by atoms with Gasteiger partial charge in [-0.1, -0.05) is 18.2 Å². The van der Waals surface area contributed by atoms with Gasteiger partial charge in [-0.05, 0) is 36.6 Å². The summed E-state index contributed by atoms with van der Waals surface area (Å²) >= 11 is 0. The Morgan fingerprint density at radius 3 is 2.69 bits per heavy atom. The molecule has 1 fully saturated rings. The number of fused-ring (bicyclic) bond motifs is 1. The molecule has 4 rings (SSSR count). The van der Waals surface area contributed by atoms with Crippen LogP contribution in [0.25, 0.3) is 10.9 Å². The lowest BCUT2D eigenvalue weighted by Crippen LogP contribution is -2.41. The number of furan rings is 1. The number of benzene rings is 1. The molecule has 3 N–H and O–H groups in total. The van der Waals surface area contributed by atoms with Crippen LogP contribution < -0.4 is 10.6 Å². The fraction of sp³-hybridized carbons (Fsp3) is 0.458. The number of hydrogen-bond donors (Lipinski definition) is 3. The summed E-state index contributed by atoms with van der Waals surface area (Å²) in [5.41, 5.74) is 3.84. The van der Waals surface area contributed by atoms with Crippen molar-refractivity contribution in [2.75, 3.05) is 52.5 Å². The Balaban J connectivity index is 0.00000289. The molecule has 3 heterocycles. The van der Waals surface area contributed by atoms with Crippen molar-refractivity contribution in [2.24, 2.45) is 4.99 Å². The molecule has 0 radical (unpaired) electrons. The van der Waals surface area contributed by atoms with E-state index < -0.39 is 0 Å². The van der Waals surface area contributed by atoms with Crippen LogP contribution in [0.15, 0.2) is 52.2 Å². The number of ether oxygens (including phenoxy) is 1. The lowest BCUT2D eigenvalue weighted by Gasteiger charge is -2.25. The minimum Gasteiger partial charge on any atom is -0.469 e. The van der Waals surface area contributed by atoms with E-state index in [1.165, 1.54) is 22.0 Å². The van der Waals surface area contributed by atoms with Crippen molar-refractivity contribution in [2.45, 2.75) is 19.8 Å². The number of aromatic amines is 1. The molecule has 0 spiro atoms. The van der Waals surface area contributed by atoms with Crippen molar-refractivity contribution >= 4 is 40.8 Å². The second-order valence-electron chi connectivity index (χ2n) is 7.93. The molecule has 8 heteroatoms. The molecule has 1 aliphatic rings. The maximum absolute atomic E-state index is 5.43. The molecule has 0 bridgehead atoms. The monoisotopic (exact) mass is 551 g/mol. The molecule has 32 heavy (non-hydrogen) atoms. The average Bonchev–Trinajstić information content (AvgIpc) is 3.45. The molecule has 1 aliphatic heterocycles. The molecule has 0 amide bonds. The highest BCUT2D eigenvalue weighted by Gasteiger charge is 2.10. The Labute approximate surface area is 207 Å². The smallest absolute Gasteiger partial charge is 0.191 e. The van der Waals surface area contributed by atoms with Crippen LogP contribution >= 0.6 is 24.0 Å². The Morgan fingerprint density at radius 2 is 1.91 bits per heavy atom. The van der Waals surface area contributed by atoms with Crippen LogP contribution in [0.4, 0.5) is 0 Å². The average molecular weight is 551 g/mol. The van der Waals surface area contributed by atoms with Crippen molar-refractivity contribution in [3.05, 3.63) is 59.7 Å². The Hall–Kier alpha value is -2.04. The van der Waals surface area contributed by atoms with E-state index in [4.69, 9.17) is 14.1 Å². The summed E-state index contributed by atoms with van der Waals surface area (Å²) in [4.78, 5) is 10.6. The largest absolute Gasteiger partial charge is 0.469 e. The van der Waals surface area contributed by atoms with Crippen molar-refractivity contribution in [3.63, 3.8) is 0 Å². The van der Waals surface area contributed by atoms with E-state index in [1.54, 1.807) is 6.26 Å². The van der Waals surface area contributed by atoms with Crippen LogP contribution in [-0.4, -0.2) is 68.3 Å². The number of halogens is 1. The highest BCUT2D eigenvalue weighted by molar-refractivity contribution is 14.0. The first kappa shape index (κ1) is 24.6. The number of H-pyrrole nitrogens is 1. The van der Waals surface area contributed by atoms with E-state index in [0.29, 0.717) is 0 Å². The van der Waals surface area contributed by atoms with E-state index in [9.17, 15) is 0 Å². The predicted molar refractivity (Wildman–Crippen MR) is 140 cm³/mol. The van der Waals surface area contributed by atoms with E-state index in [0.717, 1.165) is 77.0 Å². The van der Waals surface area contributed by atoms with Crippen LogP contribution in [0.2, 0.25) is 0 Å². The van der Waals surface area contributed by atoms with Gasteiger partial charge in [-0.25, -0.2) is 0 Å². The highest BCUT2D eigenvalue weighted by Crippen LogP contribution is 2.21. The molecule has 0 atom stereocenters. The maximum Gasteiger partial charge on any atom is 0.191 e. The first-order chi connectivity index (χ1) is 15.3. The first-order valence-corrected chi connectivity index (χ1v) is 11.2. The molecule has 174 valence electrons. The van der Waals surface area contributed by atoms with Crippen molar-refractivity contribution in [1.29, 1.82) is 0 Å². The number of aryl methyl sites for hydroxylation is 1. The fourth-order valence-corrected chi connectivity index (χ4v) is 3.95. The summed E-state index contributed by atoms with van der Waals surface area (Å²) < 4.78 is 10.9. The van der Waals surface area contributed by atoms with Gasteiger partial charge >= 0.3 is 0 Å². The zero-order valence-electron chi connectivity index (χ0n) is 18.7.